The average Bonchev–Trinajstić information content (AvgIpc) is 2.69. The molecule has 18 heavy (non-hydrogen) atoms. The van der Waals surface area contributed by atoms with Crippen LogP contribution in [0.15, 0.2) is 41.5 Å². The second-order valence-corrected chi connectivity index (χ2v) is 4.36. The molecule has 1 aromatic carbocycles. The van der Waals surface area contributed by atoms with Crippen LogP contribution in [0.1, 0.15) is 11.3 Å². The number of aromatic nitrogens is 2. The molecule has 0 amide bonds. The van der Waals surface area contributed by atoms with Crippen LogP contribution in [0.25, 0.3) is 11.8 Å². The van der Waals surface area contributed by atoms with Gasteiger partial charge in [0.1, 0.15) is 4.60 Å². The van der Waals surface area contributed by atoms with Crippen LogP contribution in [0.2, 0.25) is 0 Å². The van der Waals surface area contributed by atoms with Crippen molar-refractivity contribution in [2.75, 3.05) is 0 Å². The van der Waals surface area contributed by atoms with Crippen LogP contribution in [-0.2, 0) is 6.18 Å². The Hall–Kier alpha value is -1.56. The molecule has 0 saturated heterocycles. The molecular weight excluding hydrogens is 309 g/mol. The molecule has 0 unspecified atom stereocenters. The number of hydrogen-bond donors (Lipinski definition) is 0. The molecule has 94 valence electrons. The molecule has 0 fully saturated rings. The molecule has 0 radical (unpaired) electrons. The van der Waals surface area contributed by atoms with Crippen molar-refractivity contribution in [3.8, 4) is 5.69 Å². The Morgan fingerprint density at radius 2 is 1.83 bits per heavy atom. The van der Waals surface area contributed by atoms with Crippen LogP contribution in [-0.4, -0.2) is 9.78 Å². The van der Waals surface area contributed by atoms with E-state index >= 15 is 0 Å². The third-order valence-corrected chi connectivity index (χ3v) is 2.74. The largest absolute Gasteiger partial charge is 0.416 e. The molecule has 2 nitrogen and oxygen atoms in total. The van der Waals surface area contributed by atoms with Gasteiger partial charge in [-0.3, -0.25) is 0 Å². The molecule has 0 aliphatic heterocycles. The van der Waals surface area contributed by atoms with E-state index in [0.29, 0.717) is 16.0 Å². The lowest BCUT2D eigenvalue weighted by atomic mass is 10.2. The van der Waals surface area contributed by atoms with Crippen LogP contribution in [0, 0.1) is 0 Å². The smallest absolute Gasteiger partial charge is 0.233 e. The average molecular weight is 317 g/mol. The van der Waals surface area contributed by atoms with Crippen molar-refractivity contribution in [3.05, 3.63) is 52.8 Å². The molecule has 1 aromatic heterocycles. The van der Waals surface area contributed by atoms with E-state index in [4.69, 9.17) is 0 Å². The lowest BCUT2D eigenvalue weighted by Crippen LogP contribution is -2.05. The second-order valence-electron chi connectivity index (χ2n) is 3.55. The van der Waals surface area contributed by atoms with Gasteiger partial charge in [-0.1, -0.05) is 6.58 Å². The maximum Gasteiger partial charge on any atom is 0.416 e. The summed E-state index contributed by atoms with van der Waals surface area (Å²) in [4.78, 5) is 0. The van der Waals surface area contributed by atoms with E-state index in [0.717, 1.165) is 12.1 Å². The zero-order chi connectivity index (χ0) is 13.3. The Kier molecular flexibility index (Phi) is 3.30. The summed E-state index contributed by atoms with van der Waals surface area (Å²) in [6.07, 6.45) is -2.75. The summed E-state index contributed by atoms with van der Waals surface area (Å²) in [6, 6.07) is 6.52. The lowest BCUT2D eigenvalue weighted by molar-refractivity contribution is -0.137. The monoisotopic (exact) mass is 316 g/mol. The first-order valence-corrected chi connectivity index (χ1v) is 5.77. The number of benzene rings is 1. The minimum absolute atomic E-state index is 0.545. The van der Waals surface area contributed by atoms with Crippen molar-refractivity contribution in [3.63, 3.8) is 0 Å². The highest BCUT2D eigenvalue weighted by Gasteiger charge is 2.30. The molecule has 0 saturated carbocycles. The van der Waals surface area contributed by atoms with Gasteiger partial charge in [0.05, 0.1) is 16.9 Å². The fourth-order valence-corrected chi connectivity index (χ4v) is 1.90. The van der Waals surface area contributed by atoms with E-state index < -0.39 is 11.7 Å². The van der Waals surface area contributed by atoms with Gasteiger partial charge < -0.3 is 0 Å². The van der Waals surface area contributed by atoms with Crippen LogP contribution in [0.5, 0.6) is 0 Å². The first-order chi connectivity index (χ1) is 8.41. The molecule has 2 rings (SSSR count). The van der Waals surface area contributed by atoms with E-state index in [2.05, 4.69) is 27.6 Å². The third kappa shape index (κ3) is 2.48. The highest BCUT2D eigenvalue weighted by molar-refractivity contribution is 9.10. The van der Waals surface area contributed by atoms with Crippen molar-refractivity contribution in [1.82, 2.24) is 9.78 Å². The number of hydrogen-bond acceptors (Lipinski definition) is 1. The molecule has 0 spiro atoms. The standard InChI is InChI=1S/C12H8BrF3N2/c1-2-9-7-11(13)17-18(9)10-5-3-8(4-6-10)12(14,15)16/h2-7H,1H2. The Labute approximate surface area is 110 Å². The van der Waals surface area contributed by atoms with Crippen molar-refractivity contribution in [2.45, 2.75) is 6.18 Å². The molecule has 0 bridgehead atoms. The molecule has 0 atom stereocenters. The van der Waals surface area contributed by atoms with Crippen LogP contribution >= 0.6 is 15.9 Å². The number of rotatable bonds is 2. The van der Waals surface area contributed by atoms with Crippen LogP contribution < -0.4 is 0 Å². The summed E-state index contributed by atoms with van der Waals surface area (Å²) < 4.78 is 39.4. The van der Waals surface area contributed by atoms with Gasteiger partial charge in [0.15, 0.2) is 0 Å². The number of halogens is 4. The Balaban J connectivity index is 2.43. The predicted molar refractivity (Wildman–Crippen MR) is 66.4 cm³/mol. The summed E-state index contributed by atoms with van der Waals surface area (Å²) in [5.41, 5.74) is 0.558. The molecule has 0 aliphatic rings. The maximum atomic E-state index is 12.4. The molecule has 1 heterocycles. The zero-order valence-electron chi connectivity index (χ0n) is 9.08. The van der Waals surface area contributed by atoms with Crippen LogP contribution in [0.4, 0.5) is 13.2 Å². The Morgan fingerprint density at radius 3 is 2.33 bits per heavy atom. The molecular formula is C12H8BrF3N2. The van der Waals surface area contributed by atoms with E-state index in [9.17, 15) is 13.2 Å². The van der Waals surface area contributed by atoms with E-state index in [-0.39, 0.29) is 0 Å². The highest BCUT2D eigenvalue weighted by atomic mass is 79.9. The summed E-state index contributed by atoms with van der Waals surface area (Å²) in [5.74, 6) is 0. The van der Waals surface area contributed by atoms with E-state index in [1.165, 1.54) is 16.8 Å². The lowest BCUT2D eigenvalue weighted by Gasteiger charge is -2.08. The van der Waals surface area contributed by atoms with Crippen molar-refractivity contribution in [1.29, 1.82) is 0 Å². The molecule has 6 heteroatoms. The fourth-order valence-electron chi connectivity index (χ4n) is 1.51. The van der Waals surface area contributed by atoms with Gasteiger partial charge in [-0.2, -0.15) is 18.3 Å². The van der Waals surface area contributed by atoms with Gasteiger partial charge >= 0.3 is 6.18 Å². The summed E-state index contributed by atoms with van der Waals surface area (Å²) >= 11 is 3.21. The van der Waals surface area contributed by atoms with Gasteiger partial charge in [0, 0.05) is 0 Å². The number of alkyl halides is 3. The van der Waals surface area contributed by atoms with Crippen molar-refractivity contribution < 1.29 is 13.2 Å². The molecule has 0 aliphatic carbocycles. The minimum atomic E-state index is -4.33. The third-order valence-electron chi connectivity index (χ3n) is 2.36. The first-order valence-electron chi connectivity index (χ1n) is 4.97. The van der Waals surface area contributed by atoms with Gasteiger partial charge in [-0.25, -0.2) is 4.68 Å². The van der Waals surface area contributed by atoms with Crippen molar-refractivity contribution in [2.24, 2.45) is 0 Å². The molecule has 2 aromatic rings. The minimum Gasteiger partial charge on any atom is -0.233 e. The highest BCUT2D eigenvalue weighted by Crippen LogP contribution is 2.29. The Bertz CT molecular complexity index is 570. The zero-order valence-corrected chi connectivity index (χ0v) is 10.7. The van der Waals surface area contributed by atoms with E-state index in [1.807, 2.05) is 0 Å². The fraction of sp³-hybridized carbons (Fsp3) is 0.0833. The first kappa shape index (κ1) is 12.9. The maximum absolute atomic E-state index is 12.4. The van der Waals surface area contributed by atoms with Gasteiger partial charge in [-0.15, -0.1) is 0 Å². The second kappa shape index (κ2) is 4.61. The van der Waals surface area contributed by atoms with Gasteiger partial charge in [0.2, 0.25) is 0 Å². The summed E-state index contributed by atoms with van der Waals surface area (Å²) in [7, 11) is 0. The van der Waals surface area contributed by atoms with Crippen molar-refractivity contribution >= 4 is 22.0 Å². The molecule has 0 N–H and O–H groups in total. The topological polar surface area (TPSA) is 17.8 Å². The van der Waals surface area contributed by atoms with E-state index in [1.54, 1.807) is 12.1 Å². The van der Waals surface area contributed by atoms with Gasteiger partial charge in [0.25, 0.3) is 0 Å². The number of nitrogens with zero attached hydrogens (tertiary/aromatic N) is 2. The summed E-state index contributed by atoms with van der Waals surface area (Å²) in [6.45, 7) is 3.63. The quantitative estimate of drug-likeness (QED) is 0.808. The van der Waals surface area contributed by atoms with Crippen LogP contribution in [0.3, 0.4) is 0 Å². The Morgan fingerprint density at radius 1 is 1.22 bits per heavy atom. The normalized spacial score (nSPS) is 11.6. The van der Waals surface area contributed by atoms with Gasteiger partial charge in [-0.05, 0) is 52.3 Å². The SMILES string of the molecule is C=Cc1cc(Br)nn1-c1ccc(C(F)(F)F)cc1. The summed E-state index contributed by atoms with van der Waals surface area (Å²) in [5, 5.41) is 4.12. The predicted octanol–water partition coefficient (Wildman–Crippen LogP) is 4.30.